The topological polar surface area (TPSA) is 62.3 Å². The van der Waals surface area contributed by atoms with Crippen molar-refractivity contribution in [3.63, 3.8) is 0 Å². The number of nitrogens with zero attached hydrogens (tertiary/aromatic N) is 2. The maximum absolute atomic E-state index is 12.8. The van der Waals surface area contributed by atoms with Crippen molar-refractivity contribution in [1.29, 1.82) is 0 Å². The molecule has 0 spiro atoms. The van der Waals surface area contributed by atoms with E-state index in [0.29, 0.717) is 17.3 Å². The summed E-state index contributed by atoms with van der Waals surface area (Å²) in [6, 6.07) is 9.17. The Morgan fingerprint density at radius 3 is 2.88 bits per heavy atom. The van der Waals surface area contributed by atoms with Crippen LogP contribution in [0.4, 0.5) is 5.69 Å². The standard InChI is InChI=1S/C20H22ClN3O2/c1-14-16(21)7-4-8-17(14)23-19(25)12-20(26)24-11-3-2-9-18(24)15-6-5-10-22-13-15/h4-8,10,13,18H,2-3,9,11-12H2,1H3,(H,23,25)/t18-/m1/s1. The number of pyridine rings is 1. The summed E-state index contributed by atoms with van der Waals surface area (Å²) in [6.07, 6.45) is 6.26. The molecule has 3 rings (SSSR count). The van der Waals surface area contributed by atoms with E-state index in [4.69, 9.17) is 11.6 Å². The van der Waals surface area contributed by atoms with Crippen molar-refractivity contribution in [1.82, 2.24) is 9.88 Å². The van der Waals surface area contributed by atoms with E-state index < -0.39 is 0 Å². The number of carbonyl (C=O) groups is 2. The van der Waals surface area contributed by atoms with E-state index in [2.05, 4.69) is 10.3 Å². The zero-order valence-corrected chi connectivity index (χ0v) is 15.5. The fourth-order valence-electron chi connectivity index (χ4n) is 3.33. The van der Waals surface area contributed by atoms with E-state index in [9.17, 15) is 9.59 Å². The van der Waals surface area contributed by atoms with Gasteiger partial charge in [-0.3, -0.25) is 14.6 Å². The lowest BCUT2D eigenvalue weighted by Crippen LogP contribution is -2.40. The Hall–Kier alpha value is -2.40. The van der Waals surface area contributed by atoms with Crippen LogP contribution >= 0.6 is 11.6 Å². The molecule has 1 aromatic carbocycles. The molecule has 1 aliphatic heterocycles. The monoisotopic (exact) mass is 371 g/mol. The Morgan fingerprint density at radius 2 is 2.12 bits per heavy atom. The molecule has 0 radical (unpaired) electrons. The van der Waals surface area contributed by atoms with Crippen LogP contribution in [0.2, 0.25) is 5.02 Å². The van der Waals surface area contributed by atoms with Crippen molar-refractivity contribution < 1.29 is 9.59 Å². The summed E-state index contributed by atoms with van der Waals surface area (Å²) in [5, 5.41) is 3.38. The van der Waals surface area contributed by atoms with E-state index >= 15 is 0 Å². The maximum atomic E-state index is 12.8. The lowest BCUT2D eigenvalue weighted by atomic mass is 9.96. The van der Waals surface area contributed by atoms with Gasteiger partial charge in [-0.1, -0.05) is 23.7 Å². The van der Waals surface area contributed by atoms with Crippen molar-refractivity contribution >= 4 is 29.1 Å². The number of benzene rings is 1. The highest BCUT2D eigenvalue weighted by molar-refractivity contribution is 6.31. The first kappa shape index (κ1) is 18.4. The highest BCUT2D eigenvalue weighted by Crippen LogP contribution is 2.31. The Balaban J connectivity index is 1.67. The molecular weight excluding hydrogens is 350 g/mol. The summed E-state index contributed by atoms with van der Waals surface area (Å²) in [5.74, 6) is -0.480. The Morgan fingerprint density at radius 1 is 1.27 bits per heavy atom. The first-order valence-corrected chi connectivity index (χ1v) is 9.18. The zero-order chi connectivity index (χ0) is 18.5. The van der Waals surface area contributed by atoms with Gasteiger partial charge in [-0.15, -0.1) is 0 Å². The molecule has 1 aliphatic rings. The van der Waals surface area contributed by atoms with Crippen molar-refractivity contribution in [2.24, 2.45) is 0 Å². The van der Waals surface area contributed by atoms with E-state index in [1.54, 1.807) is 30.6 Å². The van der Waals surface area contributed by atoms with E-state index in [-0.39, 0.29) is 24.3 Å². The first-order valence-electron chi connectivity index (χ1n) is 8.80. The second kappa shape index (κ2) is 8.32. The molecular formula is C20H22ClN3O2. The largest absolute Gasteiger partial charge is 0.335 e. The molecule has 1 N–H and O–H groups in total. The van der Waals surface area contributed by atoms with Gasteiger partial charge >= 0.3 is 0 Å². The third-order valence-electron chi connectivity index (χ3n) is 4.75. The minimum absolute atomic E-state index is 0.00865. The van der Waals surface area contributed by atoms with Gasteiger partial charge in [-0.2, -0.15) is 0 Å². The molecule has 0 unspecified atom stereocenters. The minimum atomic E-state index is -0.323. The third kappa shape index (κ3) is 4.22. The Bertz CT molecular complexity index is 795. The summed E-state index contributed by atoms with van der Waals surface area (Å²) in [7, 11) is 0. The molecule has 0 bridgehead atoms. The van der Waals surface area contributed by atoms with Gasteiger partial charge in [0, 0.05) is 29.6 Å². The molecule has 0 aliphatic carbocycles. The molecule has 6 heteroatoms. The molecule has 26 heavy (non-hydrogen) atoms. The number of hydrogen-bond acceptors (Lipinski definition) is 3. The number of anilines is 1. The Kier molecular flexibility index (Phi) is 5.89. The second-order valence-electron chi connectivity index (χ2n) is 6.52. The molecule has 1 fully saturated rings. The highest BCUT2D eigenvalue weighted by Gasteiger charge is 2.29. The number of amides is 2. The van der Waals surface area contributed by atoms with Crippen LogP contribution in [0.25, 0.3) is 0 Å². The lowest BCUT2D eigenvalue weighted by Gasteiger charge is -2.36. The van der Waals surface area contributed by atoms with Crippen LogP contribution in [0.1, 0.15) is 42.9 Å². The van der Waals surface area contributed by atoms with Gasteiger partial charge in [0.2, 0.25) is 11.8 Å². The van der Waals surface area contributed by atoms with Gasteiger partial charge in [0.05, 0.1) is 6.04 Å². The van der Waals surface area contributed by atoms with Crippen LogP contribution in [-0.2, 0) is 9.59 Å². The summed E-state index contributed by atoms with van der Waals surface area (Å²) < 4.78 is 0. The van der Waals surface area contributed by atoms with Crippen molar-refractivity contribution in [2.75, 3.05) is 11.9 Å². The number of carbonyl (C=O) groups excluding carboxylic acids is 2. The van der Waals surface area contributed by atoms with Gasteiger partial charge in [0.15, 0.2) is 0 Å². The van der Waals surface area contributed by atoms with Gasteiger partial charge in [0.25, 0.3) is 0 Å². The number of hydrogen-bond donors (Lipinski definition) is 1. The molecule has 136 valence electrons. The summed E-state index contributed by atoms with van der Waals surface area (Å²) >= 11 is 6.08. The second-order valence-corrected chi connectivity index (χ2v) is 6.93. The normalized spacial score (nSPS) is 17.0. The SMILES string of the molecule is Cc1c(Cl)cccc1NC(=O)CC(=O)N1CCCC[C@@H]1c1cccnc1. The van der Waals surface area contributed by atoms with Crippen LogP contribution in [0.15, 0.2) is 42.7 Å². The average molecular weight is 372 g/mol. The number of aromatic nitrogens is 1. The Labute approximate surface area is 158 Å². The van der Waals surface area contributed by atoms with Gasteiger partial charge in [-0.25, -0.2) is 0 Å². The number of rotatable bonds is 4. The fourth-order valence-corrected chi connectivity index (χ4v) is 3.50. The summed E-state index contributed by atoms with van der Waals surface area (Å²) in [4.78, 5) is 31.1. The summed E-state index contributed by atoms with van der Waals surface area (Å²) in [5.41, 5.74) is 2.45. The van der Waals surface area contributed by atoms with Gasteiger partial charge in [-0.05, 0) is 55.5 Å². The van der Waals surface area contributed by atoms with Crippen molar-refractivity contribution in [2.45, 2.75) is 38.6 Å². The van der Waals surface area contributed by atoms with Gasteiger partial charge in [0.1, 0.15) is 6.42 Å². The van der Waals surface area contributed by atoms with Crippen molar-refractivity contribution in [3.05, 3.63) is 58.9 Å². The van der Waals surface area contributed by atoms with Crippen molar-refractivity contribution in [3.8, 4) is 0 Å². The number of halogens is 1. The fraction of sp³-hybridized carbons (Fsp3) is 0.350. The molecule has 2 amide bonds. The predicted molar refractivity (Wildman–Crippen MR) is 102 cm³/mol. The molecule has 0 saturated carbocycles. The molecule has 1 atom stereocenters. The quantitative estimate of drug-likeness (QED) is 0.822. The average Bonchev–Trinajstić information content (AvgIpc) is 2.66. The van der Waals surface area contributed by atoms with E-state index in [1.165, 1.54) is 0 Å². The molecule has 2 heterocycles. The molecule has 1 aromatic heterocycles. The number of likely N-dealkylation sites (tertiary alicyclic amines) is 1. The molecule has 2 aromatic rings. The van der Waals surface area contributed by atoms with Crippen LogP contribution in [0.5, 0.6) is 0 Å². The van der Waals surface area contributed by atoms with E-state index in [0.717, 1.165) is 30.4 Å². The minimum Gasteiger partial charge on any atom is -0.335 e. The number of piperidine rings is 1. The lowest BCUT2D eigenvalue weighted by molar-refractivity contribution is -0.137. The predicted octanol–water partition coefficient (Wildman–Crippen LogP) is 4.13. The first-order chi connectivity index (χ1) is 12.6. The van der Waals surface area contributed by atoms with Crippen LogP contribution in [0.3, 0.4) is 0 Å². The van der Waals surface area contributed by atoms with Crippen LogP contribution in [-0.4, -0.2) is 28.2 Å². The zero-order valence-electron chi connectivity index (χ0n) is 14.7. The molecule has 1 saturated heterocycles. The smallest absolute Gasteiger partial charge is 0.233 e. The highest BCUT2D eigenvalue weighted by atomic mass is 35.5. The number of nitrogens with one attached hydrogen (secondary N) is 1. The van der Waals surface area contributed by atoms with Crippen LogP contribution < -0.4 is 5.32 Å². The summed E-state index contributed by atoms with van der Waals surface area (Å²) in [6.45, 7) is 2.50. The maximum Gasteiger partial charge on any atom is 0.233 e. The molecule has 5 nitrogen and oxygen atoms in total. The van der Waals surface area contributed by atoms with Crippen LogP contribution in [0, 0.1) is 6.92 Å². The van der Waals surface area contributed by atoms with Gasteiger partial charge < -0.3 is 10.2 Å². The van der Waals surface area contributed by atoms with E-state index in [1.807, 2.05) is 24.0 Å². The third-order valence-corrected chi connectivity index (χ3v) is 5.16.